The molecule has 0 saturated heterocycles. The summed E-state index contributed by atoms with van der Waals surface area (Å²) in [5.41, 5.74) is 1.37. The number of aliphatic carboxylic acids is 1. The van der Waals surface area contributed by atoms with E-state index in [1.54, 1.807) is 0 Å². The molecule has 5 heteroatoms. The van der Waals surface area contributed by atoms with Gasteiger partial charge in [0.05, 0.1) is 4.88 Å². The standard InChI is InChI=1S/C15H15NO3S/c17-14(18)8-4-7-12-9-10-13(20-12)15(16-19)11-5-2-1-3-6-11/h1-3,5-6,9-10,19H,4,7-8H2,(H,17,18)/p-1/b16-15+. The fourth-order valence-electron chi connectivity index (χ4n) is 1.89. The van der Waals surface area contributed by atoms with Crippen molar-refractivity contribution in [2.75, 3.05) is 0 Å². The number of hydrogen-bond acceptors (Lipinski definition) is 5. The van der Waals surface area contributed by atoms with E-state index in [0.717, 1.165) is 15.3 Å². The highest BCUT2D eigenvalue weighted by atomic mass is 32.1. The Kier molecular flexibility index (Phi) is 4.90. The molecule has 0 bridgehead atoms. The highest BCUT2D eigenvalue weighted by molar-refractivity contribution is 7.14. The van der Waals surface area contributed by atoms with Crippen LogP contribution < -0.4 is 5.11 Å². The number of carboxylic acid groups (broad SMARTS) is 1. The lowest BCUT2D eigenvalue weighted by Gasteiger charge is -2.02. The molecule has 0 amide bonds. The summed E-state index contributed by atoms with van der Waals surface area (Å²) in [6, 6.07) is 13.3. The predicted octanol–water partition coefficient (Wildman–Crippen LogP) is 2.05. The number of thiophene rings is 1. The fraction of sp³-hybridized carbons (Fsp3) is 0.200. The molecule has 1 N–H and O–H groups in total. The van der Waals surface area contributed by atoms with Crippen molar-refractivity contribution in [3.05, 3.63) is 57.8 Å². The van der Waals surface area contributed by atoms with Gasteiger partial charge in [-0.05, 0) is 31.4 Å². The lowest BCUT2D eigenvalue weighted by molar-refractivity contribution is -0.305. The lowest BCUT2D eigenvalue weighted by Crippen LogP contribution is -2.21. The molecule has 0 aliphatic rings. The van der Waals surface area contributed by atoms with Crippen LogP contribution in [0.2, 0.25) is 0 Å². The van der Waals surface area contributed by atoms with Crippen LogP contribution in [-0.4, -0.2) is 16.9 Å². The van der Waals surface area contributed by atoms with Crippen molar-refractivity contribution in [1.29, 1.82) is 0 Å². The molecule has 1 heterocycles. The third-order valence-electron chi connectivity index (χ3n) is 2.85. The van der Waals surface area contributed by atoms with Gasteiger partial charge in [0.2, 0.25) is 0 Å². The van der Waals surface area contributed by atoms with Crippen molar-refractivity contribution in [2.45, 2.75) is 19.3 Å². The minimum atomic E-state index is -1.02. The minimum absolute atomic E-state index is 0.0624. The first kappa shape index (κ1) is 14.3. The van der Waals surface area contributed by atoms with Crippen molar-refractivity contribution in [3.8, 4) is 0 Å². The summed E-state index contributed by atoms with van der Waals surface area (Å²) in [4.78, 5) is 12.3. The molecule has 2 rings (SSSR count). The summed E-state index contributed by atoms with van der Waals surface area (Å²) >= 11 is 1.51. The Morgan fingerprint density at radius 3 is 2.60 bits per heavy atom. The third kappa shape index (κ3) is 3.68. The minimum Gasteiger partial charge on any atom is -0.550 e. The van der Waals surface area contributed by atoms with Gasteiger partial charge in [-0.2, -0.15) is 0 Å². The zero-order valence-corrected chi connectivity index (χ0v) is 11.6. The molecular formula is C15H14NO3S-. The van der Waals surface area contributed by atoms with Crippen LogP contribution in [-0.2, 0) is 11.2 Å². The van der Waals surface area contributed by atoms with Crippen LogP contribution >= 0.6 is 11.3 Å². The SMILES string of the molecule is O=C([O-])CCCc1ccc(/C(=N/O)c2ccccc2)s1. The van der Waals surface area contributed by atoms with E-state index >= 15 is 0 Å². The van der Waals surface area contributed by atoms with E-state index in [1.807, 2.05) is 42.5 Å². The molecule has 0 radical (unpaired) electrons. The monoisotopic (exact) mass is 288 g/mol. The van der Waals surface area contributed by atoms with Crippen LogP contribution in [0.4, 0.5) is 0 Å². The lowest BCUT2D eigenvalue weighted by atomic mass is 10.1. The average Bonchev–Trinajstić information content (AvgIpc) is 2.89. The van der Waals surface area contributed by atoms with E-state index in [2.05, 4.69) is 5.16 Å². The van der Waals surface area contributed by atoms with Crippen LogP contribution in [0.5, 0.6) is 0 Å². The first-order valence-corrected chi connectivity index (χ1v) is 7.09. The second-order valence-corrected chi connectivity index (χ2v) is 5.47. The number of aryl methyl sites for hydroxylation is 1. The zero-order chi connectivity index (χ0) is 14.4. The summed E-state index contributed by atoms with van der Waals surface area (Å²) in [7, 11) is 0. The number of nitrogens with zero attached hydrogens (tertiary/aromatic N) is 1. The molecule has 1 aromatic carbocycles. The Morgan fingerprint density at radius 1 is 1.20 bits per heavy atom. The number of carbonyl (C=O) groups excluding carboxylic acids is 1. The summed E-state index contributed by atoms with van der Waals surface area (Å²) in [6.07, 6.45) is 1.30. The van der Waals surface area contributed by atoms with Crippen molar-refractivity contribution in [2.24, 2.45) is 5.16 Å². The molecule has 0 unspecified atom stereocenters. The average molecular weight is 288 g/mol. The molecule has 0 spiro atoms. The van der Waals surface area contributed by atoms with Crippen molar-refractivity contribution < 1.29 is 15.1 Å². The molecule has 0 aliphatic carbocycles. The van der Waals surface area contributed by atoms with Gasteiger partial charge in [0.25, 0.3) is 0 Å². The molecule has 0 aliphatic heterocycles. The largest absolute Gasteiger partial charge is 0.550 e. The maximum atomic E-state index is 10.4. The van der Waals surface area contributed by atoms with E-state index in [-0.39, 0.29) is 6.42 Å². The maximum Gasteiger partial charge on any atom is 0.127 e. The van der Waals surface area contributed by atoms with E-state index < -0.39 is 5.97 Å². The topological polar surface area (TPSA) is 72.7 Å². The summed E-state index contributed by atoms with van der Waals surface area (Å²) < 4.78 is 0. The Labute approximate surface area is 121 Å². The Balaban J connectivity index is 2.09. The Morgan fingerprint density at radius 2 is 1.95 bits per heavy atom. The van der Waals surface area contributed by atoms with E-state index in [0.29, 0.717) is 18.6 Å². The zero-order valence-electron chi connectivity index (χ0n) is 10.8. The summed E-state index contributed by atoms with van der Waals surface area (Å²) in [5, 5.41) is 22.9. The van der Waals surface area contributed by atoms with Crippen molar-refractivity contribution >= 4 is 23.0 Å². The highest BCUT2D eigenvalue weighted by Crippen LogP contribution is 2.22. The van der Waals surface area contributed by atoms with Gasteiger partial charge in [-0.1, -0.05) is 35.5 Å². The Hall–Kier alpha value is -2.14. The molecule has 4 nitrogen and oxygen atoms in total. The predicted molar refractivity (Wildman–Crippen MR) is 76.1 cm³/mol. The molecule has 2 aromatic rings. The van der Waals surface area contributed by atoms with Gasteiger partial charge in [0.1, 0.15) is 5.71 Å². The summed E-state index contributed by atoms with van der Waals surface area (Å²) in [6.45, 7) is 0. The molecule has 20 heavy (non-hydrogen) atoms. The number of oxime groups is 1. The second kappa shape index (κ2) is 6.86. The number of benzene rings is 1. The molecule has 1 aromatic heterocycles. The number of carbonyl (C=O) groups is 1. The van der Waals surface area contributed by atoms with E-state index in [1.165, 1.54) is 11.3 Å². The second-order valence-electron chi connectivity index (χ2n) is 4.31. The van der Waals surface area contributed by atoms with Gasteiger partial charge in [-0.15, -0.1) is 11.3 Å². The van der Waals surface area contributed by atoms with Crippen LogP contribution in [0.1, 0.15) is 28.2 Å². The van der Waals surface area contributed by atoms with Crippen LogP contribution in [0, 0.1) is 0 Å². The molecule has 0 saturated carbocycles. The van der Waals surface area contributed by atoms with Crippen LogP contribution in [0.3, 0.4) is 0 Å². The molecule has 0 atom stereocenters. The van der Waals surface area contributed by atoms with Crippen LogP contribution in [0.15, 0.2) is 47.6 Å². The van der Waals surface area contributed by atoms with Gasteiger partial charge in [0.15, 0.2) is 0 Å². The summed E-state index contributed by atoms with van der Waals surface area (Å²) in [5.74, 6) is -1.02. The molecule has 104 valence electrons. The fourth-order valence-corrected chi connectivity index (χ4v) is 2.95. The van der Waals surface area contributed by atoms with Gasteiger partial charge in [0, 0.05) is 16.4 Å². The molecular weight excluding hydrogens is 274 g/mol. The quantitative estimate of drug-likeness (QED) is 0.502. The Bertz CT molecular complexity index is 605. The van der Waals surface area contributed by atoms with Gasteiger partial charge < -0.3 is 15.1 Å². The third-order valence-corrected chi connectivity index (χ3v) is 4.00. The number of rotatable bonds is 6. The molecule has 0 fully saturated rings. The van der Waals surface area contributed by atoms with E-state index in [9.17, 15) is 15.1 Å². The first-order valence-electron chi connectivity index (χ1n) is 6.27. The smallest absolute Gasteiger partial charge is 0.127 e. The van der Waals surface area contributed by atoms with Crippen molar-refractivity contribution in [1.82, 2.24) is 0 Å². The van der Waals surface area contributed by atoms with Gasteiger partial charge in [-0.25, -0.2) is 0 Å². The number of hydrogen-bond donors (Lipinski definition) is 1. The highest BCUT2D eigenvalue weighted by Gasteiger charge is 2.10. The first-order chi connectivity index (χ1) is 9.70. The van der Waals surface area contributed by atoms with Gasteiger partial charge >= 0.3 is 0 Å². The van der Waals surface area contributed by atoms with Crippen LogP contribution in [0.25, 0.3) is 0 Å². The normalized spacial score (nSPS) is 11.5. The van der Waals surface area contributed by atoms with Crippen molar-refractivity contribution in [3.63, 3.8) is 0 Å². The van der Waals surface area contributed by atoms with Gasteiger partial charge in [-0.3, -0.25) is 0 Å². The number of carboxylic acids is 1. The van der Waals surface area contributed by atoms with E-state index in [4.69, 9.17) is 0 Å². The maximum absolute atomic E-state index is 10.4.